The Morgan fingerprint density at radius 1 is 0.639 bits per heavy atom. The number of alkyl halides is 17. The number of halogens is 17. The van der Waals surface area contributed by atoms with Crippen LogP contribution in [-0.4, -0.2) is 78.7 Å². The summed E-state index contributed by atoms with van der Waals surface area (Å²) in [5, 5.41) is 2.51. The van der Waals surface area contributed by atoms with Crippen LogP contribution in [0.5, 0.6) is 0 Å². The molecule has 24 heteroatoms. The summed E-state index contributed by atoms with van der Waals surface area (Å²) in [5.74, 6) is -55.0. The summed E-state index contributed by atoms with van der Waals surface area (Å²) in [6, 6.07) is 0. The van der Waals surface area contributed by atoms with Crippen molar-refractivity contribution in [2.24, 2.45) is 0 Å². The van der Waals surface area contributed by atoms with Gasteiger partial charge in [-0.1, -0.05) is 6.92 Å². The third-order valence-corrected chi connectivity index (χ3v) is 5.99. The number of hydrogen-bond acceptors (Lipinski definition) is 4. The molecule has 0 aliphatic carbocycles. The van der Waals surface area contributed by atoms with Crippen molar-refractivity contribution in [2.75, 3.05) is 13.1 Å². The Morgan fingerprint density at radius 3 is 1.17 bits per heavy atom. The average molecular weight is 623 g/mol. The van der Waals surface area contributed by atoms with E-state index in [2.05, 4.69) is 0 Å². The molecule has 0 aromatic carbocycles. The first kappa shape index (κ1) is 38.0. The number of nitrogens with zero attached hydrogens (tertiary/aromatic N) is 1. The van der Waals surface area contributed by atoms with E-state index in [1.807, 2.05) is 0 Å². The second kappa shape index (κ2) is 10.4. The molecule has 0 saturated heterocycles. The van der Waals surface area contributed by atoms with E-state index >= 15 is 0 Å². The number of sulfonamides is 1. The molecule has 0 amide bonds. The summed E-state index contributed by atoms with van der Waals surface area (Å²) in [4.78, 5) is 10.3. The molecule has 0 spiro atoms. The summed E-state index contributed by atoms with van der Waals surface area (Å²) < 4.78 is 245. The minimum absolute atomic E-state index is 0. The van der Waals surface area contributed by atoms with Gasteiger partial charge in [-0.15, -0.1) is 0 Å². The van der Waals surface area contributed by atoms with Gasteiger partial charge in [0.25, 0.3) is 10.0 Å². The smallest absolute Gasteiger partial charge is 0.549 e. The van der Waals surface area contributed by atoms with Crippen LogP contribution in [0, 0.1) is 0 Å². The maximum absolute atomic E-state index is 13.8. The second-order valence-corrected chi connectivity index (χ2v) is 8.24. The van der Waals surface area contributed by atoms with Crippen molar-refractivity contribution in [3.8, 4) is 0 Å². The number of likely N-dealkylation sites (N-methyl/N-ethyl adjacent to an activating group) is 1. The van der Waals surface area contributed by atoms with Gasteiger partial charge in [-0.25, -0.2) is 8.42 Å². The van der Waals surface area contributed by atoms with Crippen molar-refractivity contribution in [3.05, 3.63) is 0 Å². The topological polar surface area (TPSA) is 77.5 Å². The summed E-state index contributed by atoms with van der Waals surface area (Å²) in [6.45, 7) is -3.69. The van der Waals surface area contributed by atoms with E-state index in [1.165, 1.54) is 0 Å². The predicted octanol–water partition coefficient (Wildman–Crippen LogP) is 0.359. The molecule has 0 bridgehead atoms. The third kappa shape index (κ3) is 5.19. The monoisotopic (exact) mass is 623 g/mol. The van der Waals surface area contributed by atoms with Gasteiger partial charge in [0.05, 0.1) is 12.5 Å². The van der Waals surface area contributed by atoms with Crippen molar-refractivity contribution in [3.63, 3.8) is 0 Å². The molecule has 0 radical (unpaired) electrons. The minimum Gasteiger partial charge on any atom is -0.549 e. The molecule has 0 aliphatic heterocycles. The number of carbonyl (C=O) groups excluding carboxylic acids is 1. The zero-order valence-electron chi connectivity index (χ0n) is 16.8. The van der Waals surface area contributed by atoms with Crippen LogP contribution in [0.2, 0.25) is 0 Å². The molecule has 0 rings (SSSR count). The molecule has 0 N–H and O–H groups in total. The fourth-order valence-electron chi connectivity index (χ4n) is 1.98. The van der Waals surface area contributed by atoms with Crippen molar-refractivity contribution in [1.82, 2.24) is 4.31 Å². The number of hydrogen-bond donors (Lipinski definition) is 0. The van der Waals surface area contributed by atoms with Crippen LogP contribution in [0.1, 0.15) is 6.92 Å². The zero-order valence-corrected chi connectivity index (χ0v) is 20.8. The molecule has 210 valence electrons. The second-order valence-electron chi connectivity index (χ2n) is 6.26. The summed E-state index contributed by atoms with van der Waals surface area (Å²) >= 11 is 0. The Bertz CT molecular complexity index is 917. The van der Waals surface area contributed by atoms with Crippen LogP contribution in [-0.2, 0) is 14.8 Å². The molecule has 0 aromatic rings. The Kier molecular flexibility index (Phi) is 11.0. The van der Waals surface area contributed by atoms with Crippen molar-refractivity contribution in [1.29, 1.82) is 0 Å². The Labute approximate surface area is 230 Å². The van der Waals surface area contributed by atoms with Crippen LogP contribution < -0.4 is 56.5 Å². The van der Waals surface area contributed by atoms with Crippen LogP contribution >= 0.6 is 0 Å². The third-order valence-electron chi connectivity index (χ3n) is 4.02. The van der Waals surface area contributed by atoms with Gasteiger partial charge in [0, 0.05) is 6.54 Å². The Balaban J connectivity index is 0. The zero-order chi connectivity index (χ0) is 29.1. The van der Waals surface area contributed by atoms with Crippen LogP contribution in [0.3, 0.4) is 0 Å². The number of carboxylic acids is 1. The van der Waals surface area contributed by atoms with E-state index in [0.29, 0.717) is 6.92 Å². The minimum atomic E-state index is -8.95. The Morgan fingerprint density at radius 2 is 0.917 bits per heavy atom. The summed E-state index contributed by atoms with van der Waals surface area (Å²) in [5.41, 5.74) is 0. The molecule has 0 unspecified atom stereocenters. The van der Waals surface area contributed by atoms with E-state index in [0.717, 1.165) is 0 Å². The first-order valence-electron chi connectivity index (χ1n) is 7.78. The number of carboxylic acid groups (broad SMARTS) is 1. The number of rotatable bonds is 11. The summed E-state index contributed by atoms with van der Waals surface area (Å²) in [6.07, 6.45) is -7.92. The molecule has 0 aromatic heterocycles. The van der Waals surface area contributed by atoms with E-state index in [4.69, 9.17) is 0 Å². The Hall–Kier alpha value is -0.174. The van der Waals surface area contributed by atoms with Crippen molar-refractivity contribution < 1.29 is 144 Å². The van der Waals surface area contributed by atoms with Gasteiger partial charge in [-0.05, 0) is 0 Å². The number of carbonyl (C=O) groups is 1. The van der Waals surface area contributed by atoms with Gasteiger partial charge in [0.1, 0.15) is 0 Å². The first-order valence-corrected chi connectivity index (χ1v) is 9.22. The van der Waals surface area contributed by atoms with E-state index in [1.54, 1.807) is 0 Å². The van der Waals surface area contributed by atoms with Crippen LogP contribution in [0.15, 0.2) is 0 Å². The molecular weight excluding hydrogens is 616 g/mol. The maximum Gasteiger partial charge on any atom is 1.00 e. The molecule has 0 saturated carbocycles. The van der Waals surface area contributed by atoms with Gasteiger partial charge in [0.15, 0.2) is 0 Å². The molecule has 0 aliphatic rings. The predicted molar refractivity (Wildman–Crippen MR) is 71.9 cm³/mol. The largest absolute Gasteiger partial charge is 1.00 e. The maximum atomic E-state index is 13.8. The van der Waals surface area contributed by atoms with Gasteiger partial charge >= 0.3 is 98.4 Å². The average Bonchev–Trinajstić information content (AvgIpc) is 2.63. The first-order chi connectivity index (χ1) is 14.9. The van der Waals surface area contributed by atoms with E-state index in [9.17, 15) is 93.0 Å². The normalized spacial score (nSPS) is 15.6. The molecule has 0 fully saturated rings. The van der Waals surface area contributed by atoms with Gasteiger partial charge < -0.3 is 9.90 Å². The van der Waals surface area contributed by atoms with Gasteiger partial charge in [-0.3, -0.25) is 0 Å². The van der Waals surface area contributed by atoms with Crippen molar-refractivity contribution >= 4 is 16.0 Å². The molecular formula is C12H7F17KNO4S. The van der Waals surface area contributed by atoms with Crippen LogP contribution in [0.25, 0.3) is 0 Å². The van der Waals surface area contributed by atoms with Gasteiger partial charge in [0.2, 0.25) is 0 Å². The molecule has 0 heterocycles. The fraction of sp³-hybridized carbons (Fsp3) is 0.917. The molecule has 36 heavy (non-hydrogen) atoms. The quantitative estimate of drug-likeness (QED) is 0.246. The van der Waals surface area contributed by atoms with E-state index < -0.39 is 80.4 Å². The fourth-order valence-corrected chi connectivity index (χ4v) is 3.38. The van der Waals surface area contributed by atoms with Gasteiger partial charge in [-0.2, -0.15) is 78.9 Å². The number of aliphatic carboxylic acids is 1. The SMILES string of the molecule is CCN(CC(=O)[O-])S(=O)(=O)C(F)(F)C(F)(F)C(F)(F)C(F)(F)C(F)(F)C(F)(F)C(F)(F)C(F)(F)F.[K+]. The van der Waals surface area contributed by atoms with E-state index in [-0.39, 0.29) is 51.4 Å². The van der Waals surface area contributed by atoms with Crippen LogP contribution in [0.4, 0.5) is 74.6 Å². The molecule has 5 nitrogen and oxygen atoms in total. The van der Waals surface area contributed by atoms with Crippen molar-refractivity contribution in [2.45, 2.75) is 53.9 Å². The molecule has 0 atom stereocenters. The summed E-state index contributed by atoms with van der Waals surface area (Å²) in [7, 11) is -7.62. The standard InChI is InChI=1S/C12H8F17NO4S.K/c1-2-30(3-4(31)32)35(33,34)12(28,29)10(23,24)8(19,20)6(15,16)5(13,14)7(17,18)9(21,22)11(25,26)27;/h2-3H2,1H3,(H,31,32);/q;+1/p-1.